The molecule has 0 unspecified atom stereocenters. The normalized spacial score (nSPS) is 14.9. The first kappa shape index (κ1) is 10.8. The number of aliphatic hydroxyl groups is 1. The Kier molecular flexibility index (Phi) is 3.33. The largest absolute Gasteiger partial charge is 0.495 e. The number of methoxy groups -OCH3 is 1. The number of anilines is 1. The van der Waals surface area contributed by atoms with E-state index in [2.05, 4.69) is 0 Å². The first-order valence-electron chi connectivity index (χ1n) is 4.43. The summed E-state index contributed by atoms with van der Waals surface area (Å²) < 4.78 is 5.05. The highest BCUT2D eigenvalue weighted by Gasteiger charge is 2.13. The van der Waals surface area contributed by atoms with Gasteiger partial charge in [-0.2, -0.15) is 0 Å². The third-order valence-corrected chi connectivity index (χ3v) is 2.16. The Bertz CT molecular complexity index is 313. The molecular weight excluding hydrogens is 180 g/mol. The van der Waals surface area contributed by atoms with Crippen LogP contribution in [-0.2, 0) is 0 Å². The van der Waals surface area contributed by atoms with E-state index < -0.39 is 12.1 Å². The lowest BCUT2D eigenvalue weighted by Crippen LogP contribution is -2.23. The third-order valence-electron chi connectivity index (χ3n) is 2.16. The highest BCUT2D eigenvalue weighted by Crippen LogP contribution is 2.25. The van der Waals surface area contributed by atoms with E-state index in [9.17, 15) is 5.11 Å². The van der Waals surface area contributed by atoms with Crippen LogP contribution < -0.4 is 16.2 Å². The second kappa shape index (κ2) is 4.30. The molecule has 1 aromatic rings. The molecule has 0 aromatic heterocycles. The van der Waals surface area contributed by atoms with Crippen LogP contribution >= 0.6 is 0 Å². The van der Waals surface area contributed by atoms with Gasteiger partial charge >= 0.3 is 0 Å². The van der Waals surface area contributed by atoms with Gasteiger partial charge in [0, 0.05) is 0 Å². The van der Waals surface area contributed by atoms with Crippen LogP contribution in [0.4, 0.5) is 5.69 Å². The quantitative estimate of drug-likeness (QED) is 0.620. The zero-order valence-corrected chi connectivity index (χ0v) is 8.40. The molecule has 4 heteroatoms. The Morgan fingerprint density at radius 2 is 2.07 bits per heavy atom. The van der Waals surface area contributed by atoms with Gasteiger partial charge in [-0.05, 0) is 24.6 Å². The van der Waals surface area contributed by atoms with Gasteiger partial charge in [-0.3, -0.25) is 0 Å². The molecule has 0 heterocycles. The lowest BCUT2D eigenvalue weighted by Gasteiger charge is -2.16. The van der Waals surface area contributed by atoms with E-state index in [-0.39, 0.29) is 0 Å². The van der Waals surface area contributed by atoms with E-state index in [4.69, 9.17) is 16.2 Å². The minimum Gasteiger partial charge on any atom is -0.495 e. The standard InChI is InChI=1S/C10H16N2O2/c1-6(13)10(12)7-3-4-8(11)9(5-7)14-2/h3-6,10,13H,11-12H2,1-2H3/t6-,10+/m0/s1. The van der Waals surface area contributed by atoms with Gasteiger partial charge in [0.15, 0.2) is 0 Å². The summed E-state index contributed by atoms with van der Waals surface area (Å²) in [6.45, 7) is 1.65. The van der Waals surface area contributed by atoms with Crippen molar-refractivity contribution in [3.05, 3.63) is 23.8 Å². The van der Waals surface area contributed by atoms with Crippen LogP contribution in [0, 0.1) is 0 Å². The van der Waals surface area contributed by atoms with Gasteiger partial charge in [0.25, 0.3) is 0 Å². The van der Waals surface area contributed by atoms with Crippen LogP contribution in [0.5, 0.6) is 5.75 Å². The summed E-state index contributed by atoms with van der Waals surface area (Å²) in [7, 11) is 1.55. The number of ether oxygens (including phenoxy) is 1. The molecule has 14 heavy (non-hydrogen) atoms. The molecule has 0 radical (unpaired) electrons. The van der Waals surface area contributed by atoms with E-state index in [1.807, 2.05) is 0 Å². The molecule has 4 nitrogen and oxygen atoms in total. The van der Waals surface area contributed by atoms with Crippen LogP contribution in [0.25, 0.3) is 0 Å². The molecule has 2 atom stereocenters. The Morgan fingerprint density at radius 3 is 2.57 bits per heavy atom. The molecule has 0 spiro atoms. The number of hydrogen-bond acceptors (Lipinski definition) is 4. The predicted molar refractivity (Wildman–Crippen MR) is 56.0 cm³/mol. The number of aliphatic hydroxyl groups excluding tert-OH is 1. The van der Waals surface area contributed by atoms with E-state index in [0.29, 0.717) is 11.4 Å². The molecule has 5 N–H and O–H groups in total. The Balaban J connectivity index is 3.00. The number of hydrogen-bond donors (Lipinski definition) is 3. The van der Waals surface area contributed by atoms with Gasteiger partial charge in [0.05, 0.1) is 24.9 Å². The van der Waals surface area contributed by atoms with Crippen molar-refractivity contribution in [1.82, 2.24) is 0 Å². The third kappa shape index (κ3) is 2.16. The van der Waals surface area contributed by atoms with Crippen molar-refractivity contribution < 1.29 is 9.84 Å². The van der Waals surface area contributed by atoms with Crippen LogP contribution in [-0.4, -0.2) is 18.3 Å². The Hall–Kier alpha value is -1.26. The SMILES string of the molecule is COc1cc([C@H](N)[C@H](C)O)ccc1N. The van der Waals surface area contributed by atoms with Crippen molar-refractivity contribution in [3.8, 4) is 5.75 Å². The smallest absolute Gasteiger partial charge is 0.142 e. The highest BCUT2D eigenvalue weighted by atomic mass is 16.5. The van der Waals surface area contributed by atoms with Gasteiger partial charge in [-0.25, -0.2) is 0 Å². The molecule has 0 amide bonds. The monoisotopic (exact) mass is 196 g/mol. The van der Waals surface area contributed by atoms with Gasteiger partial charge in [-0.1, -0.05) is 6.07 Å². The van der Waals surface area contributed by atoms with Crippen LogP contribution in [0.3, 0.4) is 0 Å². The molecule has 0 aliphatic heterocycles. The minimum absolute atomic E-state index is 0.413. The number of rotatable bonds is 3. The fraction of sp³-hybridized carbons (Fsp3) is 0.400. The summed E-state index contributed by atoms with van der Waals surface area (Å²) >= 11 is 0. The summed E-state index contributed by atoms with van der Waals surface area (Å²) in [5.74, 6) is 0.582. The molecule has 1 rings (SSSR count). The topological polar surface area (TPSA) is 81.5 Å². The van der Waals surface area contributed by atoms with Crippen molar-refractivity contribution in [3.63, 3.8) is 0 Å². The lowest BCUT2D eigenvalue weighted by atomic mass is 10.0. The summed E-state index contributed by atoms with van der Waals surface area (Å²) in [4.78, 5) is 0. The number of nitrogen functional groups attached to an aromatic ring is 1. The van der Waals surface area contributed by atoms with Gasteiger partial charge in [0.2, 0.25) is 0 Å². The average molecular weight is 196 g/mol. The Labute approximate surface area is 83.5 Å². The van der Waals surface area contributed by atoms with Crippen LogP contribution in [0.15, 0.2) is 18.2 Å². The van der Waals surface area contributed by atoms with Crippen molar-refractivity contribution in [2.24, 2.45) is 5.73 Å². The van der Waals surface area contributed by atoms with Crippen molar-refractivity contribution in [2.75, 3.05) is 12.8 Å². The van der Waals surface area contributed by atoms with Crippen molar-refractivity contribution in [2.45, 2.75) is 19.1 Å². The number of benzene rings is 1. The highest BCUT2D eigenvalue weighted by molar-refractivity contribution is 5.54. The number of nitrogens with two attached hydrogens (primary N) is 2. The summed E-state index contributed by atoms with van der Waals surface area (Å²) in [6, 6.07) is 4.84. The fourth-order valence-electron chi connectivity index (χ4n) is 1.21. The maximum atomic E-state index is 9.31. The molecule has 78 valence electrons. The average Bonchev–Trinajstić information content (AvgIpc) is 2.17. The van der Waals surface area contributed by atoms with E-state index in [1.54, 1.807) is 32.2 Å². The first-order chi connectivity index (χ1) is 6.56. The predicted octanol–water partition coefficient (Wildman–Crippen LogP) is 0.658. The Morgan fingerprint density at radius 1 is 1.43 bits per heavy atom. The van der Waals surface area contributed by atoms with Crippen molar-refractivity contribution >= 4 is 5.69 Å². The van der Waals surface area contributed by atoms with E-state index >= 15 is 0 Å². The lowest BCUT2D eigenvalue weighted by molar-refractivity contribution is 0.164. The van der Waals surface area contributed by atoms with Gasteiger partial charge in [0.1, 0.15) is 5.75 Å². The first-order valence-corrected chi connectivity index (χ1v) is 4.43. The molecule has 0 saturated heterocycles. The summed E-state index contributed by atoms with van der Waals surface area (Å²) in [5.41, 5.74) is 12.8. The van der Waals surface area contributed by atoms with Gasteiger partial charge in [-0.15, -0.1) is 0 Å². The molecule has 0 saturated carbocycles. The molecule has 0 fully saturated rings. The van der Waals surface area contributed by atoms with Crippen LogP contribution in [0.2, 0.25) is 0 Å². The van der Waals surface area contributed by atoms with Crippen molar-refractivity contribution in [1.29, 1.82) is 0 Å². The zero-order chi connectivity index (χ0) is 10.7. The fourth-order valence-corrected chi connectivity index (χ4v) is 1.21. The molecular formula is C10H16N2O2. The van der Waals surface area contributed by atoms with E-state index in [0.717, 1.165) is 5.56 Å². The van der Waals surface area contributed by atoms with Gasteiger partial charge < -0.3 is 21.3 Å². The maximum Gasteiger partial charge on any atom is 0.142 e. The zero-order valence-electron chi connectivity index (χ0n) is 8.40. The van der Waals surface area contributed by atoms with E-state index in [1.165, 1.54) is 0 Å². The second-order valence-electron chi connectivity index (χ2n) is 3.27. The molecule has 1 aromatic carbocycles. The summed E-state index contributed by atoms with van der Waals surface area (Å²) in [6.07, 6.45) is -0.594. The van der Waals surface area contributed by atoms with Crippen LogP contribution in [0.1, 0.15) is 18.5 Å². The minimum atomic E-state index is -0.594. The molecule has 0 aliphatic rings. The maximum absolute atomic E-state index is 9.31. The summed E-state index contributed by atoms with van der Waals surface area (Å²) in [5, 5.41) is 9.31. The molecule has 0 bridgehead atoms. The molecule has 0 aliphatic carbocycles. The second-order valence-corrected chi connectivity index (χ2v) is 3.27.